The number of aryl methyl sites for hydroxylation is 2. The molecule has 0 saturated heterocycles. The molecule has 1 N–H and O–H groups in total. The smallest absolute Gasteiger partial charge is 0.265 e. The molecule has 0 heterocycles. The molecule has 7 heteroatoms. The van der Waals surface area contributed by atoms with Crippen LogP contribution >= 0.6 is 0 Å². The van der Waals surface area contributed by atoms with Gasteiger partial charge in [0.25, 0.3) is 5.91 Å². The number of carbonyl (C=O) groups is 1. The topological polar surface area (TPSA) is 75.7 Å². The van der Waals surface area contributed by atoms with Gasteiger partial charge in [-0.1, -0.05) is 19.1 Å². The second-order valence-electron chi connectivity index (χ2n) is 6.61. The highest BCUT2D eigenvalue weighted by Crippen LogP contribution is 2.22. The first-order valence-electron chi connectivity index (χ1n) is 8.70. The predicted octanol–water partition coefficient (Wildman–Crippen LogP) is 3.50. The van der Waals surface area contributed by atoms with E-state index < -0.39 is 16.1 Å². The number of rotatable bonds is 7. The fourth-order valence-electron chi connectivity index (χ4n) is 2.68. The molecule has 0 saturated carbocycles. The minimum Gasteiger partial charge on any atom is -0.481 e. The molecule has 0 radical (unpaired) electrons. The lowest BCUT2D eigenvalue weighted by Crippen LogP contribution is -2.32. The molecule has 0 spiro atoms. The maximum atomic E-state index is 12.6. The minimum absolute atomic E-state index is 0.282. The summed E-state index contributed by atoms with van der Waals surface area (Å²) in [5, 5.41) is 2.80. The van der Waals surface area contributed by atoms with E-state index in [1.807, 2.05) is 39.0 Å². The van der Waals surface area contributed by atoms with Crippen molar-refractivity contribution in [2.45, 2.75) is 33.3 Å². The van der Waals surface area contributed by atoms with Crippen molar-refractivity contribution in [2.24, 2.45) is 0 Å². The summed E-state index contributed by atoms with van der Waals surface area (Å²) < 4.78 is 30.4. The Hall–Kier alpha value is -2.54. The Morgan fingerprint density at radius 2 is 1.78 bits per heavy atom. The van der Waals surface area contributed by atoms with Crippen LogP contribution < -0.4 is 14.4 Å². The highest BCUT2D eigenvalue weighted by Gasteiger charge is 2.19. The standard InChI is InChI=1S/C20H26N2O4S/c1-6-19(26-18-11-14(2)10-15(3)12-18)20(23)21-16-8-7-9-17(13-16)22(4)27(5,24)25/h7-13,19H,6H2,1-5H3,(H,21,23). The Bertz CT molecular complexity index is 905. The first-order chi connectivity index (χ1) is 12.6. The number of nitrogens with one attached hydrogen (secondary N) is 1. The zero-order valence-electron chi connectivity index (χ0n) is 16.3. The highest BCUT2D eigenvalue weighted by atomic mass is 32.2. The number of nitrogens with zero attached hydrogens (tertiary/aromatic N) is 1. The van der Waals surface area contributed by atoms with Crippen molar-refractivity contribution in [3.63, 3.8) is 0 Å². The Morgan fingerprint density at radius 3 is 2.33 bits per heavy atom. The van der Waals surface area contributed by atoms with Crippen molar-refractivity contribution in [1.29, 1.82) is 0 Å². The zero-order valence-corrected chi connectivity index (χ0v) is 17.1. The molecule has 1 amide bonds. The summed E-state index contributed by atoms with van der Waals surface area (Å²) in [6, 6.07) is 12.5. The van der Waals surface area contributed by atoms with Crippen LogP contribution in [0.3, 0.4) is 0 Å². The van der Waals surface area contributed by atoms with Crippen molar-refractivity contribution in [3.8, 4) is 5.75 Å². The number of benzene rings is 2. The molecule has 0 aliphatic carbocycles. The fourth-order valence-corrected chi connectivity index (χ4v) is 3.18. The Balaban J connectivity index is 2.15. The molecule has 2 aromatic carbocycles. The number of ether oxygens (including phenoxy) is 1. The number of hydrogen-bond donors (Lipinski definition) is 1. The molecule has 0 bridgehead atoms. The first-order valence-corrected chi connectivity index (χ1v) is 10.5. The molecule has 1 unspecified atom stereocenters. The second-order valence-corrected chi connectivity index (χ2v) is 8.62. The Kier molecular flexibility index (Phi) is 6.49. The maximum Gasteiger partial charge on any atom is 0.265 e. The normalized spacial score (nSPS) is 12.3. The van der Waals surface area contributed by atoms with Gasteiger partial charge in [0.05, 0.1) is 11.9 Å². The van der Waals surface area contributed by atoms with E-state index in [2.05, 4.69) is 5.32 Å². The summed E-state index contributed by atoms with van der Waals surface area (Å²) in [4.78, 5) is 12.6. The van der Waals surface area contributed by atoms with Crippen molar-refractivity contribution in [1.82, 2.24) is 0 Å². The first kappa shape index (κ1) is 20.8. The lowest BCUT2D eigenvalue weighted by atomic mass is 10.1. The summed E-state index contributed by atoms with van der Waals surface area (Å²) in [5.41, 5.74) is 3.11. The molecule has 1 atom stereocenters. The van der Waals surface area contributed by atoms with Gasteiger partial charge in [-0.25, -0.2) is 8.42 Å². The van der Waals surface area contributed by atoms with E-state index in [1.54, 1.807) is 24.3 Å². The van der Waals surface area contributed by atoms with Gasteiger partial charge in [-0.3, -0.25) is 9.10 Å². The van der Waals surface area contributed by atoms with Crippen LogP contribution in [-0.4, -0.2) is 33.7 Å². The number of amides is 1. The van der Waals surface area contributed by atoms with Gasteiger partial charge in [0, 0.05) is 12.7 Å². The van der Waals surface area contributed by atoms with Crippen LogP contribution in [-0.2, 0) is 14.8 Å². The molecular weight excluding hydrogens is 364 g/mol. The zero-order chi connectivity index (χ0) is 20.2. The van der Waals surface area contributed by atoms with E-state index in [1.165, 1.54) is 7.05 Å². The van der Waals surface area contributed by atoms with E-state index in [-0.39, 0.29) is 5.91 Å². The number of sulfonamides is 1. The maximum absolute atomic E-state index is 12.6. The fraction of sp³-hybridized carbons (Fsp3) is 0.350. The molecule has 0 aliphatic rings. The molecule has 6 nitrogen and oxygen atoms in total. The average molecular weight is 391 g/mol. The monoisotopic (exact) mass is 390 g/mol. The molecule has 2 rings (SSSR count). The number of anilines is 2. The molecule has 2 aromatic rings. The third-order valence-electron chi connectivity index (χ3n) is 4.11. The Labute approximate surface area is 161 Å². The van der Waals surface area contributed by atoms with E-state index in [4.69, 9.17) is 4.74 Å². The van der Waals surface area contributed by atoms with E-state index >= 15 is 0 Å². The largest absolute Gasteiger partial charge is 0.481 e. The second kappa shape index (κ2) is 8.43. The summed E-state index contributed by atoms with van der Waals surface area (Å²) in [5.74, 6) is 0.371. The van der Waals surface area contributed by atoms with Crippen LogP contribution in [0.25, 0.3) is 0 Å². The van der Waals surface area contributed by atoms with Gasteiger partial charge >= 0.3 is 0 Å². The lowest BCUT2D eigenvalue weighted by molar-refractivity contribution is -0.122. The summed E-state index contributed by atoms with van der Waals surface area (Å²) in [7, 11) is -1.91. The van der Waals surface area contributed by atoms with Crippen LogP contribution in [0.1, 0.15) is 24.5 Å². The van der Waals surface area contributed by atoms with Crippen LogP contribution in [0, 0.1) is 13.8 Å². The third kappa shape index (κ3) is 5.72. The highest BCUT2D eigenvalue weighted by molar-refractivity contribution is 7.92. The number of carbonyl (C=O) groups excluding carboxylic acids is 1. The molecule has 0 fully saturated rings. The molecule has 146 valence electrons. The predicted molar refractivity (Wildman–Crippen MR) is 109 cm³/mol. The summed E-state index contributed by atoms with van der Waals surface area (Å²) >= 11 is 0. The van der Waals surface area contributed by atoms with Gasteiger partial charge in [0.15, 0.2) is 6.10 Å². The van der Waals surface area contributed by atoms with Gasteiger partial charge in [-0.15, -0.1) is 0 Å². The van der Waals surface area contributed by atoms with Crippen LogP contribution in [0.15, 0.2) is 42.5 Å². The van der Waals surface area contributed by atoms with Crippen molar-refractivity contribution >= 4 is 27.3 Å². The molecular formula is C20H26N2O4S. The van der Waals surface area contributed by atoms with Crippen molar-refractivity contribution < 1.29 is 17.9 Å². The van der Waals surface area contributed by atoms with Crippen molar-refractivity contribution in [2.75, 3.05) is 22.9 Å². The van der Waals surface area contributed by atoms with Crippen molar-refractivity contribution in [3.05, 3.63) is 53.6 Å². The molecule has 0 aliphatic heterocycles. The van der Waals surface area contributed by atoms with Gasteiger partial charge in [-0.05, 0) is 61.7 Å². The summed E-state index contributed by atoms with van der Waals surface area (Å²) in [6.45, 7) is 5.83. The average Bonchev–Trinajstić information content (AvgIpc) is 2.57. The SMILES string of the molecule is CCC(Oc1cc(C)cc(C)c1)C(=O)Nc1cccc(N(C)S(C)(=O)=O)c1. The molecule has 0 aromatic heterocycles. The van der Waals surface area contributed by atoms with Gasteiger partial charge in [0.1, 0.15) is 5.75 Å². The van der Waals surface area contributed by atoms with Crippen LogP contribution in [0.4, 0.5) is 11.4 Å². The minimum atomic E-state index is -3.38. The van der Waals surface area contributed by atoms with E-state index in [0.29, 0.717) is 23.5 Å². The van der Waals surface area contributed by atoms with Crippen LogP contribution in [0.2, 0.25) is 0 Å². The van der Waals surface area contributed by atoms with Gasteiger partial charge in [0.2, 0.25) is 10.0 Å². The quantitative estimate of drug-likeness (QED) is 0.785. The molecule has 27 heavy (non-hydrogen) atoms. The Morgan fingerprint density at radius 1 is 1.15 bits per heavy atom. The van der Waals surface area contributed by atoms with Gasteiger partial charge < -0.3 is 10.1 Å². The van der Waals surface area contributed by atoms with Gasteiger partial charge in [-0.2, -0.15) is 0 Å². The summed E-state index contributed by atoms with van der Waals surface area (Å²) in [6.07, 6.45) is 0.979. The van der Waals surface area contributed by atoms with E-state index in [0.717, 1.165) is 21.7 Å². The third-order valence-corrected chi connectivity index (χ3v) is 5.32. The number of hydrogen-bond acceptors (Lipinski definition) is 4. The van der Waals surface area contributed by atoms with E-state index in [9.17, 15) is 13.2 Å². The lowest BCUT2D eigenvalue weighted by Gasteiger charge is -2.20. The van der Waals surface area contributed by atoms with Crippen LogP contribution in [0.5, 0.6) is 5.75 Å².